The van der Waals surface area contributed by atoms with Gasteiger partial charge in [-0.1, -0.05) is 54.6 Å². The maximum atomic E-state index is 11.7. The lowest BCUT2D eigenvalue weighted by molar-refractivity contribution is 0.0706. The third-order valence-electron chi connectivity index (χ3n) is 6.22. The predicted molar refractivity (Wildman–Crippen MR) is 150 cm³/mol. The Morgan fingerprint density at radius 1 is 0.947 bits per heavy atom. The molecule has 1 aromatic heterocycles. The molecule has 0 saturated heterocycles. The van der Waals surface area contributed by atoms with E-state index in [1.54, 1.807) is 30.9 Å². The Balaban J connectivity index is 1.39. The molecule has 190 valence electrons. The number of aromatic nitrogens is 1. The summed E-state index contributed by atoms with van der Waals surface area (Å²) in [6.07, 6.45) is 3.83. The summed E-state index contributed by atoms with van der Waals surface area (Å²) >= 11 is 0. The summed E-state index contributed by atoms with van der Waals surface area (Å²) in [7, 11) is 1.65. The fourth-order valence-electron chi connectivity index (χ4n) is 4.22. The molecule has 3 N–H and O–H groups in total. The topological polar surface area (TPSA) is 92.7 Å². The molecule has 0 aliphatic carbocycles. The van der Waals surface area contributed by atoms with Crippen molar-refractivity contribution in [1.29, 1.82) is 0 Å². The van der Waals surface area contributed by atoms with Gasteiger partial charge in [0.15, 0.2) is 0 Å². The third-order valence-corrected chi connectivity index (χ3v) is 6.22. The van der Waals surface area contributed by atoms with Crippen molar-refractivity contribution in [2.45, 2.75) is 0 Å². The average molecular weight is 506 g/mol. The SMILES string of the molecule is COc1ccc2ncc(NCC(=Cc3ccc(C(=O)NO)cc3)COc3cccc4ccccc34)cc2c1. The molecule has 4 aromatic carbocycles. The molecule has 1 heterocycles. The van der Waals surface area contributed by atoms with E-state index < -0.39 is 5.91 Å². The van der Waals surface area contributed by atoms with Crippen LogP contribution in [0.4, 0.5) is 5.69 Å². The van der Waals surface area contributed by atoms with Gasteiger partial charge in [0, 0.05) is 22.9 Å². The fraction of sp³-hybridized carbons (Fsp3) is 0.0968. The first-order chi connectivity index (χ1) is 18.6. The van der Waals surface area contributed by atoms with Crippen LogP contribution in [-0.4, -0.2) is 36.4 Å². The molecule has 0 saturated carbocycles. The molecule has 0 fully saturated rings. The van der Waals surface area contributed by atoms with Gasteiger partial charge in [0.1, 0.15) is 18.1 Å². The first-order valence-electron chi connectivity index (χ1n) is 12.1. The Morgan fingerprint density at radius 3 is 2.58 bits per heavy atom. The van der Waals surface area contributed by atoms with Crippen LogP contribution in [0.3, 0.4) is 0 Å². The monoisotopic (exact) mass is 505 g/mol. The van der Waals surface area contributed by atoms with Crippen LogP contribution in [0.5, 0.6) is 11.5 Å². The van der Waals surface area contributed by atoms with E-state index in [0.717, 1.165) is 50.0 Å². The van der Waals surface area contributed by atoms with Crippen molar-refractivity contribution in [2.75, 3.05) is 25.6 Å². The quantitative estimate of drug-likeness (QED) is 0.166. The number of hydrogen-bond donors (Lipinski definition) is 3. The Kier molecular flexibility index (Phi) is 7.47. The molecule has 7 heteroatoms. The van der Waals surface area contributed by atoms with Gasteiger partial charge in [-0.05, 0) is 59.0 Å². The number of benzene rings is 4. The largest absolute Gasteiger partial charge is 0.497 e. The number of hydrogen-bond acceptors (Lipinski definition) is 6. The highest BCUT2D eigenvalue weighted by molar-refractivity contribution is 5.93. The average Bonchev–Trinajstić information content (AvgIpc) is 2.98. The molecule has 0 spiro atoms. The van der Waals surface area contributed by atoms with Crippen molar-refractivity contribution in [1.82, 2.24) is 10.5 Å². The molecular weight excluding hydrogens is 478 g/mol. The Hall–Kier alpha value is -4.88. The highest BCUT2D eigenvalue weighted by Gasteiger charge is 2.07. The van der Waals surface area contributed by atoms with Crippen LogP contribution >= 0.6 is 0 Å². The molecule has 0 unspecified atom stereocenters. The smallest absolute Gasteiger partial charge is 0.274 e. The number of carbonyl (C=O) groups is 1. The molecule has 0 atom stereocenters. The van der Waals surface area contributed by atoms with Crippen LogP contribution in [0.25, 0.3) is 27.8 Å². The van der Waals surface area contributed by atoms with Crippen LogP contribution in [0.2, 0.25) is 0 Å². The van der Waals surface area contributed by atoms with Crippen molar-refractivity contribution in [2.24, 2.45) is 0 Å². The van der Waals surface area contributed by atoms with Crippen molar-refractivity contribution in [3.05, 3.63) is 114 Å². The number of rotatable bonds is 9. The number of nitrogens with one attached hydrogen (secondary N) is 2. The number of nitrogens with zero attached hydrogens (tertiary/aromatic N) is 1. The lowest BCUT2D eigenvalue weighted by atomic mass is 10.1. The summed E-state index contributed by atoms with van der Waals surface area (Å²) in [6.45, 7) is 0.871. The van der Waals surface area contributed by atoms with Crippen molar-refractivity contribution >= 4 is 39.3 Å². The number of pyridine rings is 1. The molecule has 5 rings (SSSR count). The van der Waals surface area contributed by atoms with Crippen LogP contribution in [0.1, 0.15) is 15.9 Å². The van der Waals surface area contributed by atoms with E-state index in [9.17, 15) is 4.79 Å². The Bertz CT molecular complexity index is 1610. The van der Waals surface area contributed by atoms with E-state index in [4.69, 9.17) is 14.7 Å². The number of fused-ring (bicyclic) bond motifs is 2. The van der Waals surface area contributed by atoms with E-state index in [1.165, 1.54) is 0 Å². The molecular formula is C31H27N3O4. The summed E-state index contributed by atoms with van der Waals surface area (Å²) in [5.41, 5.74) is 5.67. The molecule has 0 aliphatic heterocycles. The molecule has 7 nitrogen and oxygen atoms in total. The van der Waals surface area contributed by atoms with Gasteiger partial charge >= 0.3 is 0 Å². The molecule has 0 bridgehead atoms. The second-order valence-corrected chi connectivity index (χ2v) is 8.77. The lowest BCUT2D eigenvalue weighted by Crippen LogP contribution is -2.18. The van der Waals surface area contributed by atoms with Gasteiger partial charge in [0.25, 0.3) is 5.91 Å². The van der Waals surface area contributed by atoms with Crippen LogP contribution < -0.4 is 20.3 Å². The normalized spacial score (nSPS) is 11.4. The highest BCUT2D eigenvalue weighted by Crippen LogP contribution is 2.26. The lowest BCUT2D eigenvalue weighted by Gasteiger charge is -2.14. The number of methoxy groups -OCH3 is 1. The molecule has 1 amide bonds. The van der Waals surface area contributed by atoms with Gasteiger partial charge in [-0.25, -0.2) is 5.48 Å². The maximum Gasteiger partial charge on any atom is 0.274 e. The number of anilines is 1. The van der Waals surface area contributed by atoms with Gasteiger partial charge in [-0.15, -0.1) is 0 Å². The van der Waals surface area contributed by atoms with Gasteiger partial charge < -0.3 is 14.8 Å². The van der Waals surface area contributed by atoms with Crippen LogP contribution in [0.15, 0.2) is 103 Å². The second kappa shape index (κ2) is 11.5. The molecule has 0 radical (unpaired) electrons. The zero-order valence-corrected chi connectivity index (χ0v) is 20.8. The van der Waals surface area contributed by atoms with Gasteiger partial charge in [0.2, 0.25) is 0 Å². The number of amides is 1. The summed E-state index contributed by atoms with van der Waals surface area (Å²) in [6, 6.07) is 28.9. The van der Waals surface area contributed by atoms with Crippen molar-refractivity contribution < 1.29 is 19.5 Å². The zero-order valence-electron chi connectivity index (χ0n) is 20.8. The van der Waals surface area contributed by atoms with E-state index in [1.807, 2.05) is 72.8 Å². The summed E-state index contributed by atoms with van der Waals surface area (Å²) in [5.74, 6) is 1.03. The highest BCUT2D eigenvalue weighted by atomic mass is 16.5. The minimum absolute atomic E-state index is 0.356. The molecule has 0 aliphatic rings. The molecule has 38 heavy (non-hydrogen) atoms. The maximum absolute atomic E-state index is 11.7. The van der Waals surface area contributed by atoms with Crippen molar-refractivity contribution in [3.8, 4) is 11.5 Å². The van der Waals surface area contributed by atoms with Crippen LogP contribution in [0, 0.1) is 0 Å². The zero-order chi connectivity index (χ0) is 26.3. The first kappa shape index (κ1) is 24.8. The number of hydroxylamine groups is 1. The Morgan fingerprint density at radius 2 is 1.76 bits per heavy atom. The van der Waals surface area contributed by atoms with Gasteiger partial charge in [-0.3, -0.25) is 15.0 Å². The Labute approximate surface area is 220 Å². The van der Waals surface area contributed by atoms with Crippen molar-refractivity contribution in [3.63, 3.8) is 0 Å². The van der Waals surface area contributed by atoms with E-state index in [2.05, 4.69) is 22.4 Å². The summed E-state index contributed by atoms with van der Waals surface area (Å²) in [4.78, 5) is 16.2. The minimum atomic E-state index is -0.554. The van der Waals surface area contributed by atoms with E-state index in [-0.39, 0.29) is 0 Å². The first-order valence-corrected chi connectivity index (χ1v) is 12.1. The van der Waals surface area contributed by atoms with Gasteiger partial charge in [0.05, 0.1) is 24.5 Å². The predicted octanol–water partition coefficient (Wildman–Crippen LogP) is 6.09. The number of carbonyl (C=O) groups excluding carboxylic acids is 1. The standard InChI is InChI=1S/C31H27N3O4/c1-37-27-13-14-29-25(17-27)16-26(19-33-29)32-18-22(15-21-9-11-24(12-10-21)31(35)34-36)20-38-30-8-4-6-23-5-2-3-7-28(23)30/h2-17,19,32,36H,18,20H2,1H3,(H,34,35). The second-order valence-electron chi connectivity index (χ2n) is 8.77. The minimum Gasteiger partial charge on any atom is -0.497 e. The third kappa shape index (κ3) is 5.74. The van der Waals surface area contributed by atoms with Gasteiger partial charge in [-0.2, -0.15) is 0 Å². The fourth-order valence-corrected chi connectivity index (χ4v) is 4.22. The molecule has 5 aromatic rings. The summed E-state index contributed by atoms with van der Waals surface area (Å²) in [5, 5.41) is 15.5. The number of ether oxygens (including phenoxy) is 2. The van der Waals surface area contributed by atoms with E-state index >= 15 is 0 Å². The van der Waals surface area contributed by atoms with Crippen LogP contribution in [-0.2, 0) is 0 Å². The summed E-state index contributed by atoms with van der Waals surface area (Å²) < 4.78 is 11.6. The van der Waals surface area contributed by atoms with E-state index in [0.29, 0.717) is 18.7 Å².